The fourth-order valence-corrected chi connectivity index (χ4v) is 1.77. The fraction of sp³-hybridized carbons (Fsp3) is 0.500. The Balaban J connectivity index is 1.61. The first-order valence-electron chi connectivity index (χ1n) is 6.21. The second-order valence-electron chi connectivity index (χ2n) is 4.50. The van der Waals surface area contributed by atoms with Crippen LogP contribution in [0.4, 0.5) is 0 Å². The number of hydrogen-bond acceptors (Lipinski definition) is 2. The van der Waals surface area contributed by atoms with Crippen molar-refractivity contribution in [3.63, 3.8) is 0 Å². The topological polar surface area (TPSA) is 29.5 Å². The molecule has 1 aromatic rings. The lowest BCUT2D eigenvalue weighted by atomic mass is 10.3. The maximum atomic E-state index is 11.7. The lowest BCUT2D eigenvalue weighted by molar-refractivity contribution is -0.130. The van der Waals surface area contributed by atoms with E-state index in [2.05, 4.69) is 0 Å². The summed E-state index contributed by atoms with van der Waals surface area (Å²) in [4.78, 5) is 13.6. The van der Waals surface area contributed by atoms with Gasteiger partial charge in [0.15, 0.2) is 0 Å². The third-order valence-electron chi connectivity index (χ3n) is 3.03. The standard InChI is InChI=1S/C14H19NO2/c1-15(12-9-10-12)14(16)8-5-11-17-13-6-3-2-4-7-13/h2-4,6-7,12H,5,8-11H2,1H3. The van der Waals surface area contributed by atoms with Crippen molar-refractivity contribution >= 4 is 5.91 Å². The van der Waals surface area contributed by atoms with Gasteiger partial charge in [0.1, 0.15) is 5.75 Å². The van der Waals surface area contributed by atoms with E-state index in [4.69, 9.17) is 4.74 Å². The number of benzene rings is 1. The molecular weight excluding hydrogens is 214 g/mol. The summed E-state index contributed by atoms with van der Waals surface area (Å²) in [5, 5.41) is 0. The number of carbonyl (C=O) groups excluding carboxylic acids is 1. The zero-order chi connectivity index (χ0) is 12.1. The minimum atomic E-state index is 0.240. The van der Waals surface area contributed by atoms with Gasteiger partial charge in [-0.1, -0.05) is 18.2 Å². The molecule has 1 aromatic carbocycles. The Labute approximate surface area is 102 Å². The van der Waals surface area contributed by atoms with Crippen LogP contribution in [0.25, 0.3) is 0 Å². The van der Waals surface area contributed by atoms with Crippen molar-refractivity contribution in [2.75, 3.05) is 13.7 Å². The van der Waals surface area contributed by atoms with E-state index in [1.165, 1.54) is 12.8 Å². The maximum absolute atomic E-state index is 11.7. The Hall–Kier alpha value is -1.51. The molecule has 3 heteroatoms. The molecular formula is C14H19NO2. The summed E-state index contributed by atoms with van der Waals surface area (Å²) in [5.74, 6) is 1.11. The number of amides is 1. The molecule has 0 aromatic heterocycles. The summed E-state index contributed by atoms with van der Waals surface area (Å²) in [7, 11) is 1.90. The average molecular weight is 233 g/mol. The molecule has 0 heterocycles. The van der Waals surface area contributed by atoms with E-state index in [0.29, 0.717) is 19.1 Å². The van der Waals surface area contributed by atoms with Crippen LogP contribution >= 0.6 is 0 Å². The molecule has 0 bridgehead atoms. The third kappa shape index (κ3) is 3.77. The van der Waals surface area contributed by atoms with Gasteiger partial charge in [-0.25, -0.2) is 0 Å². The molecule has 1 saturated carbocycles. The molecule has 0 saturated heterocycles. The van der Waals surface area contributed by atoms with Crippen LogP contribution in [0.2, 0.25) is 0 Å². The van der Waals surface area contributed by atoms with Crippen molar-refractivity contribution in [1.82, 2.24) is 4.90 Å². The first-order chi connectivity index (χ1) is 8.27. The zero-order valence-corrected chi connectivity index (χ0v) is 10.3. The normalized spacial score (nSPS) is 14.4. The van der Waals surface area contributed by atoms with Crippen LogP contribution in [0.1, 0.15) is 25.7 Å². The Kier molecular flexibility index (Phi) is 4.02. The number of hydrogen-bond donors (Lipinski definition) is 0. The van der Waals surface area contributed by atoms with Gasteiger partial charge in [0.25, 0.3) is 0 Å². The van der Waals surface area contributed by atoms with Crippen molar-refractivity contribution in [2.24, 2.45) is 0 Å². The van der Waals surface area contributed by atoms with Crippen LogP contribution in [-0.2, 0) is 4.79 Å². The molecule has 0 aliphatic heterocycles. The predicted molar refractivity (Wildman–Crippen MR) is 67.0 cm³/mol. The van der Waals surface area contributed by atoms with Crippen molar-refractivity contribution in [3.05, 3.63) is 30.3 Å². The first-order valence-corrected chi connectivity index (χ1v) is 6.21. The summed E-state index contributed by atoms with van der Waals surface area (Å²) in [5.41, 5.74) is 0. The summed E-state index contributed by atoms with van der Waals surface area (Å²) in [6, 6.07) is 10.2. The molecule has 1 aliphatic carbocycles. The van der Waals surface area contributed by atoms with Crippen LogP contribution in [0.3, 0.4) is 0 Å². The highest BCUT2D eigenvalue weighted by atomic mass is 16.5. The van der Waals surface area contributed by atoms with Crippen LogP contribution in [0, 0.1) is 0 Å². The Morgan fingerprint density at radius 2 is 2.06 bits per heavy atom. The molecule has 0 N–H and O–H groups in total. The number of ether oxygens (including phenoxy) is 1. The first kappa shape index (κ1) is 12.0. The zero-order valence-electron chi connectivity index (χ0n) is 10.3. The monoisotopic (exact) mass is 233 g/mol. The molecule has 1 amide bonds. The van der Waals surface area contributed by atoms with Gasteiger partial charge in [0, 0.05) is 19.5 Å². The molecule has 3 nitrogen and oxygen atoms in total. The van der Waals surface area contributed by atoms with Gasteiger partial charge in [0.2, 0.25) is 5.91 Å². The van der Waals surface area contributed by atoms with Gasteiger partial charge >= 0.3 is 0 Å². The molecule has 0 radical (unpaired) electrons. The summed E-state index contributed by atoms with van der Waals surface area (Å²) in [6.07, 6.45) is 3.70. The van der Waals surface area contributed by atoms with E-state index in [0.717, 1.165) is 12.2 Å². The molecule has 92 valence electrons. The van der Waals surface area contributed by atoms with E-state index in [-0.39, 0.29) is 5.91 Å². The highest BCUT2D eigenvalue weighted by molar-refractivity contribution is 5.76. The van der Waals surface area contributed by atoms with E-state index in [9.17, 15) is 4.79 Å². The maximum Gasteiger partial charge on any atom is 0.222 e. The average Bonchev–Trinajstić information content (AvgIpc) is 3.19. The van der Waals surface area contributed by atoms with Crippen LogP contribution in [-0.4, -0.2) is 30.5 Å². The molecule has 0 unspecified atom stereocenters. The van der Waals surface area contributed by atoms with E-state index in [1.807, 2.05) is 42.3 Å². The van der Waals surface area contributed by atoms with Crippen LogP contribution in [0.15, 0.2) is 30.3 Å². The molecule has 0 spiro atoms. The smallest absolute Gasteiger partial charge is 0.222 e. The molecule has 1 aliphatic rings. The van der Waals surface area contributed by atoms with Crippen molar-refractivity contribution < 1.29 is 9.53 Å². The van der Waals surface area contributed by atoms with Gasteiger partial charge in [-0.3, -0.25) is 4.79 Å². The Morgan fingerprint density at radius 1 is 1.35 bits per heavy atom. The van der Waals surface area contributed by atoms with Crippen molar-refractivity contribution in [2.45, 2.75) is 31.7 Å². The Morgan fingerprint density at radius 3 is 2.71 bits per heavy atom. The largest absolute Gasteiger partial charge is 0.494 e. The van der Waals surface area contributed by atoms with E-state index < -0.39 is 0 Å². The SMILES string of the molecule is CN(C(=O)CCCOc1ccccc1)C1CC1. The van der Waals surface area contributed by atoms with Gasteiger partial charge in [-0.05, 0) is 31.4 Å². The second-order valence-corrected chi connectivity index (χ2v) is 4.50. The summed E-state index contributed by atoms with van der Waals surface area (Å²) in [6.45, 7) is 0.605. The lowest BCUT2D eigenvalue weighted by Gasteiger charge is -2.16. The van der Waals surface area contributed by atoms with Gasteiger partial charge in [0.05, 0.1) is 6.61 Å². The quantitative estimate of drug-likeness (QED) is 0.706. The van der Waals surface area contributed by atoms with Gasteiger partial charge in [-0.15, -0.1) is 0 Å². The van der Waals surface area contributed by atoms with E-state index >= 15 is 0 Å². The Bertz CT molecular complexity index is 360. The number of rotatable bonds is 6. The summed E-state index contributed by atoms with van der Waals surface area (Å²) < 4.78 is 5.54. The second kappa shape index (κ2) is 5.71. The van der Waals surface area contributed by atoms with Gasteiger partial charge in [-0.2, -0.15) is 0 Å². The third-order valence-corrected chi connectivity index (χ3v) is 3.03. The highest BCUT2D eigenvalue weighted by Crippen LogP contribution is 2.25. The number of nitrogens with zero attached hydrogens (tertiary/aromatic N) is 1. The summed E-state index contributed by atoms with van der Waals surface area (Å²) >= 11 is 0. The molecule has 1 fully saturated rings. The molecule has 0 atom stereocenters. The number of carbonyl (C=O) groups is 1. The number of para-hydroxylation sites is 1. The molecule has 2 rings (SSSR count). The minimum Gasteiger partial charge on any atom is -0.494 e. The van der Waals surface area contributed by atoms with Crippen LogP contribution < -0.4 is 4.74 Å². The predicted octanol–water partition coefficient (Wildman–Crippen LogP) is 2.47. The molecule has 17 heavy (non-hydrogen) atoms. The van der Waals surface area contributed by atoms with Crippen LogP contribution in [0.5, 0.6) is 5.75 Å². The van der Waals surface area contributed by atoms with E-state index in [1.54, 1.807) is 0 Å². The minimum absolute atomic E-state index is 0.240. The lowest BCUT2D eigenvalue weighted by Crippen LogP contribution is -2.28. The van der Waals surface area contributed by atoms with Crippen molar-refractivity contribution in [3.8, 4) is 5.75 Å². The van der Waals surface area contributed by atoms with Crippen molar-refractivity contribution in [1.29, 1.82) is 0 Å². The highest BCUT2D eigenvalue weighted by Gasteiger charge is 2.28. The fourth-order valence-electron chi connectivity index (χ4n) is 1.77. The van der Waals surface area contributed by atoms with Gasteiger partial charge < -0.3 is 9.64 Å².